The number of likely N-dealkylation sites (tertiary alicyclic amines) is 1. The molecule has 0 radical (unpaired) electrons. The van der Waals surface area contributed by atoms with Gasteiger partial charge in [0.1, 0.15) is 0 Å². The van der Waals surface area contributed by atoms with Gasteiger partial charge in [-0.25, -0.2) is 0 Å². The van der Waals surface area contributed by atoms with E-state index >= 15 is 0 Å². The van der Waals surface area contributed by atoms with Crippen molar-refractivity contribution in [2.75, 3.05) is 11.9 Å². The maximum atomic E-state index is 12.4. The van der Waals surface area contributed by atoms with Gasteiger partial charge in [-0.05, 0) is 33.6 Å². The predicted octanol–water partition coefficient (Wildman–Crippen LogP) is 1.47. The third kappa shape index (κ3) is 4.18. The van der Waals surface area contributed by atoms with Crippen LogP contribution in [0, 0.1) is 25.7 Å². The number of amides is 3. The van der Waals surface area contributed by atoms with Crippen LogP contribution in [0.4, 0.5) is 5.69 Å². The highest BCUT2D eigenvalue weighted by molar-refractivity contribution is 6.05. The number of hydrogen-bond donors (Lipinski definition) is 1. The summed E-state index contributed by atoms with van der Waals surface area (Å²) in [5.74, 6) is -1.91. The fraction of sp³-hybridized carbons (Fsp3) is 0.650. The number of nitrogens with zero attached hydrogens (tertiary/aromatic N) is 3. The van der Waals surface area contributed by atoms with Crippen molar-refractivity contribution in [1.82, 2.24) is 14.7 Å². The van der Waals surface area contributed by atoms with Crippen LogP contribution in [0.1, 0.15) is 50.4 Å². The largest absolute Gasteiger partial charge is 0.452 e. The van der Waals surface area contributed by atoms with Crippen LogP contribution in [0.5, 0.6) is 0 Å². The number of rotatable bonds is 6. The standard InChI is InChI=1S/C20H28N4O5/c1-11-17(12(2)23(4)22-11)21-18(26)13(3)29-16(25)9-10-24-19(27)14-7-5-6-8-15(14)20(24)28/h13-15H,5-10H2,1-4H3,(H,21,26)/t13-,14-,15+/m1/s1. The molecule has 2 heterocycles. The van der Waals surface area contributed by atoms with E-state index < -0.39 is 18.0 Å². The monoisotopic (exact) mass is 404 g/mol. The van der Waals surface area contributed by atoms with Gasteiger partial charge < -0.3 is 10.1 Å². The molecule has 2 fully saturated rings. The molecule has 1 aliphatic heterocycles. The first kappa shape index (κ1) is 21.0. The van der Waals surface area contributed by atoms with E-state index in [1.165, 1.54) is 11.8 Å². The van der Waals surface area contributed by atoms with Crippen LogP contribution in [-0.2, 0) is 31.0 Å². The van der Waals surface area contributed by atoms with Gasteiger partial charge in [0.25, 0.3) is 5.91 Å². The summed E-state index contributed by atoms with van der Waals surface area (Å²) in [6, 6.07) is 0. The predicted molar refractivity (Wildman–Crippen MR) is 104 cm³/mol. The van der Waals surface area contributed by atoms with Gasteiger partial charge >= 0.3 is 5.97 Å². The number of aromatic nitrogens is 2. The van der Waals surface area contributed by atoms with Gasteiger partial charge in [0.05, 0.1) is 35.3 Å². The second-order valence-corrected chi connectivity index (χ2v) is 7.87. The molecule has 0 bridgehead atoms. The summed E-state index contributed by atoms with van der Waals surface area (Å²) in [7, 11) is 1.78. The molecule has 3 rings (SSSR count). The minimum atomic E-state index is -1.01. The molecule has 9 nitrogen and oxygen atoms in total. The second-order valence-electron chi connectivity index (χ2n) is 7.87. The van der Waals surface area contributed by atoms with Crippen molar-refractivity contribution in [3.63, 3.8) is 0 Å². The maximum absolute atomic E-state index is 12.4. The van der Waals surface area contributed by atoms with Crippen LogP contribution in [0.3, 0.4) is 0 Å². The average Bonchev–Trinajstić information content (AvgIpc) is 3.07. The Kier molecular flexibility index (Phi) is 6.04. The first-order valence-electron chi connectivity index (χ1n) is 10.1. The lowest BCUT2D eigenvalue weighted by Crippen LogP contribution is -2.35. The molecule has 1 saturated heterocycles. The van der Waals surface area contributed by atoms with E-state index in [9.17, 15) is 19.2 Å². The van der Waals surface area contributed by atoms with Crippen LogP contribution >= 0.6 is 0 Å². The first-order chi connectivity index (χ1) is 13.7. The summed E-state index contributed by atoms with van der Waals surface area (Å²) in [6.45, 7) is 5.09. The van der Waals surface area contributed by atoms with Gasteiger partial charge in [0.2, 0.25) is 11.8 Å². The average molecular weight is 404 g/mol. The zero-order valence-electron chi connectivity index (χ0n) is 17.4. The van der Waals surface area contributed by atoms with Crippen molar-refractivity contribution in [1.29, 1.82) is 0 Å². The van der Waals surface area contributed by atoms with Crippen LogP contribution in [-0.4, -0.2) is 51.0 Å². The second kappa shape index (κ2) is 8.34. The van der Waals surface area contributed by atoms with Gasteiger partial charge in [0, 0.05) is 13.6 Å². The first-order valence-corrected chi connectivity index (χ1v) is 10.1. The number of imide groups is 1. The molecule has 29 heavy (non-hydrogen) atoms. The molecule has 1 aromatic rings. The van der Waals surface area contributed by atoms with Crippen molar-refractivity contribution in [3.8, 4) is 0 Å². The Morgan fingerprint density at radius 1 is 1.17 bits per heavy atom. The molecule has 3 amide bonds. The van der Waals surface area contributed by atoms with Crippen molar-refractivity contribution in [2.45, 2.75) is 59.0 Å². The van der Waals surface area contributed by atoms with Crippen LogP contribution in [0.2, 0.25) is 0 Å². The van der Waals surface area contributed by atoms with Crippen molar-refractivity contribution in [3.05, 3.63) is 11.4 Å². The molecular weight excluding hydrogens is 376 g/mol. The van der Waals surface area contributed by atoms with Crippen molar-refractivity contribution < 1.29 is 23.9 Å². The summed E-state index contributed by atoms with van der Waals surface area (Å²) in [5.41, 5.74) is 2.06. The Bertz CT molecular complexity index is 822. The number of ether oxygens (including phenoxy) is 1. The van der Waals surface area contributed by atoms with E-state index in [4.69, 9.17) is 4.74 Å². The van der Waals surface area contributed by atoms with Crippen molar-refractivity contribution in [2.24, 2.45) is 18.9 Å². The normalized spacial score (nSPS) is 22.4. The molecule has 0 aromatic carbocycles. The Morgan fingerprint density at radius 3 is 2.28 bits per heavy atom. The number of hydrogen-bond acceptors (Lipinski definition) is 6. The highest BCUT2D eigenvalue weighted by Crippen LogP contribution is 2.38. The van der Waals surface area contributed by atoms with E-state index in [0.29, 0.717) is 11.4 Å². The number of carbonyl (C=O) groups excluding carboxylic acids is 4. The quantitative estimate of drug-likeness (QED) is 0.568. The summed E-state index contributed by atoms with van der Waals surface area (Å²) >= 11 is 0. The maximum Gasteiger partial charge on any atom is 0.308 e. The Hall–Kier alpha value is -2.71. The molecule has 158 valence electrons. The fourth-order valence-corrected chi connectivity index (χ4v) is 4.14. The molecule has 0 spiro atoms. The number of nitrogens with one attached hydrogen (secondary N) is 1. The van der Waals surface area contributed by atoms with Gasteiger partial charge in [-0.3, -0.25) is 28.8 Å². The summed E-state index contributed by atoms with van der Waals surface area (Å²) in [6.07, 6.45) is 2.26. The number of esters is 1. The number of aryl methyl sites for hydroxylation is 2. The van der Waals surface area contributed by atoms with Gasteiger partial charge in [-0.15, -0.1) is 0 Å². The Balaban J connectivity index is 1.50. The molecule has 1 aliphatic carbocycles. The Labute approximate surface area is 169 Å². The van der Waals surface area contributed by atoms with Crippen molar-refractivity contribution >= 4 is 29.4 Å². The minimum absolute atomic E-state index is 0.00133. The molecule has 1 N–H and O–H groups in total. The molecule has 1 aromatic heterocycles. The zero-order valence-corrected chi connectivity index (χ0v) is 17.4. The van der Waals surface area contributed by atoms with Gasteiger partial charge in [0.15, 0.2) is 6.10 Å². The molecule has 3 atom stereocenters. The van der Waals surface area contributed by atoms with Crippen LogP contribution in [0.25, 0.3) is 0 Å². The molecule has 2 aliphatic rings. The third-order valence-corrected chi connectivity index (χ3v) is 5.91. The number of fused-ring (bicyclic) bond motifs is 1. The number of anilines is 1. The van der Waals surface area contributed by atoms with Gasteiger partial charge in [-0.1, -0.05) is 12.8 Å². The highest BCUT2D eigenvalue weighted by atomic mass is 16.5. The topological polar surface area (TPSA) is 111 Å². The lowest BCUT2D eigenvalue weighted by molar-refractivity contribution is -0.154. The van der Waals surface area contributed by atoms with Gasteiger partial charge in [-0.2, -0.15) is 5.10 Å². The lowest BCUT2D eigenvalue weighted by Gasteiger charge is -2.19. The van der Waals surface area contributed by atoms with Crippen LogP contribution in [0.15, 0.2) is 0 Å². The molecular formula is C20H28N4O5. The van der Waals surface area contributed by atoms with E-state index in [-0.39, 0.29) is 36.6 Å². The number of carbonyl (C=O) groups is 4. The lowest BCUT2D eigenvalue weighted by atomic mass is 9.81. The summed E-state index contributed by atoms with van der Waals surface area (Å²) in [4.78, 5) is 50.6. The molecule has 1 saturated carbocycles. The molecule has 9 heteroatoms. The van der Waals surface area contributed by atoms with E-state index in [1.807, 2.05) is 6.92 Å². The minimum Gasteiger partial charge on any atom is -0.452 e. The smallest absolute Gasteiger partial charge is 0.308 e. The third-order valence-electron chi connectivity index (χ3n) is 5.91. The van der Waals surface area contributed by atoms with E-state index in [2.05, 4.69) is 10.4 Å². The SMILES string of the molecule is Cc1nn(C)c(C)c1NC(=O)[C@@H](C)OC(=O)CCN1C(=O)[C@H]2CCCC[C@H]2C1=O. The van der Waals surface area contributed by atoms with E-state index in [1.54, 1.807) is 18.7 Å². The van der Waals surface area contributed by atoms with E-state index in [0.717, 1.165) is 31.4 Å². The highest BCUT2D eigenvalue weighted by Gasteiger charge is 2.47. The zero-order chi connectivity index (χ0) is 21.3. The summed E-state index contributed by atoms with van der Waals surface area (Å²) < 4.78 is 6.85. The van der Waals surface area contributed by atoms with Crippen LogP contribution < -0.4 is 5.32 Å². The summed E-state index contributed by atoms with van der Waals surface area (Å²) in [5, 5.41) is 6.96. The molecule has 0 unspecified atom stereocenters. The fourth-order valence-electron chi connectivity index (χ4n) is 4.14. The Morgan fingerprint density at radius 2 is 1.76 bits per heavy atom.